The van der Waals surface area contributed by atoms with E-state index in [1.165, 1.54) is 85.2 Å². The number of benzene rings is 3. The quantitative estimate of drug-likeness (QED) is 0.260. The number of anilines is 1. The van der Waals surface area contributed by atoms with Crippen molar-refractivity contribution in [3.05, 3.63) is 88.5 Å². The second-order valence-corrected chi connectivity index (χ2v) is 11.3. The Hall–Kier alpha value is -2.98. The van der Waals surface area contributed by atoms with E-state index in [9.17, 15) is 0 Å². The van der Waals surface area contributed by atoms with E-state index >= 15 is 0 Å². The summed E-state index contributed by atoms with van der Waals surface area (Å²) in [5.41, 5.74) is 8.46. The van der Waals surface area contributed by atoms with E-state index in [1.54, 1.807) is 14.2 Å². The first kappa shape index (κ1) is 27.6. The van der Waals surface area contributed by atoms with Gasteiger partial charge >= 0.3 is 0 Å². The van der Waals surface area contributed by atoms with Crippen molar-refractivity contribution >= 4 is 5.69 Å². The molecule has 1 aliphatic heterocycles. The maximum Gasteiger partial charge on any atom is 0.120 e. The molecule has 1 unspecified atom stereocenters. The molecule has 0 radical (unpaired) electrons. The number of hydrogen-bond donors (Lipinski definition) is 0. The monoisotopic (exact) mass is 526 g/mol. The number of ether oxygens (including phenoxy) is 2. The average molecular weight is 527 g/mol. The Bertz CT molecular complexity index is 1200. The van der Waals surface area contributed by atoms with Gasteiger partial charge in [0.1, 0.15) is 11.5 Å². The highest BCUT2D eigenvalue weighted by Crippen LogP contribution is 2.40. The van der Waals surface area contributed by atoms with Gasteiger partial charge in [-0.3, -0.25) is 0 Å². The SMILES string of the molecule is CCN(Cc1ccc(CCCN2CCCCC2)cc1)c1cc(OC)ccc1C1CCc2cc(OC)ccc2C1. The van der Waals surface area contributed by atoms with Gasteiger partial charge in [0.25, 0.3) is 0 Å². The van der Waals surface area contributed by atoms with Gasteiger partial charge in [-0.1, -0.05) is 42.8 Å². The fourth-order valence-electron chi connectivity index (χ4n) is 6.48. The van der Waals surface area contributed by atoms with Crippen molar-refractivity contribution in [3.8, 4) is 11.5 Å². The summed E-state index contributed by atoms with van der Waals surface area (Å²) in [6.07, 6.45) is 9.91. The van der Waals surface area contributed by atoms with Gasteiger partial charge in [-0.15, -0.1) is 0 Å². The van der Waals surface area contributed by atoms with Gasteiger partial charge in [-0.25, -0.2) is 0 Å². The zero-order valence-electron chi connectivity index (χ0n) is 24.3. The van der Waals surface area contributed by atoms with E-state index < -0.39 is 0 Å². The topological polar surface area (TPSA) is 24.9 Å². The molecule has 3 aromatic carbocycles. The molecule has 3 aromatic rings. The summed E-state index contributed by atoms with van der Waals surface area (Å²) in [6.45, 7) is 7.95. The maximum absolute atomic E-state index is 5.68. The number of hydrogen-bond acceptors (Lipinski definition) is 4. The van der Waals surface area contributed by atoms with E-state index in [2.05, 4.69) is 77.4 Å². The molecule has 1 saturated heterocycles. The molecule has 0 spiro atoms. The summed E-state index contributed by atoms with van der Waals surface area (Å²) in [7, 11) is 3.52. The van der Waals surface area contributed by atoms with Crippen molar-refractivity contribution in [3.63, 3.8) is 0 Å². The Kier molecular flexibility index (Phi) is 9.47. The number of piperidine rings is 1. The summed E-state index contributed by atoms with van der Waals surface area (Å²) in [5, 5.41) is 0. The van der Waals surface area contributed by atoms with E-state index in [0.717, 1.165) is 43.9 Å². The molecular weight excluding hydrogens is 480 g/mol. The van der Waals surface area contributed by atoms with Crippen molar-refractivity contribution < 1.29 is 9.47 Å². The predicted molar refractivity (Wildman–Crippen MR) is 163 cm³/mol. The zero-order chi connectivity index (χ0) is 27.0. The fourth-order valence-corrected chi connectivity index (χ4v) is 6.48. The van der Waals surface area contributed by atoms with Crippen molar-refractivity contribution in [2.24, 2.45) is 0 Å². The molecular formula is C35H46N2O2. The van der Waals surface area contributed by atoms with Crippen LogP contribution in [0.5, 0.6) is 11.5 Å². The van der Waals surface area contributed by atoms with Crippen LogP contribution < -0.4 is 14.4 Å². The van der Waals surface area contributed by atoms with Crippen LogP contribution in [0.1, 0.15) is 72.8 Å². The molecule has 1 atom stereocenters. The smallest absolute Gasteiger partial charge is 0.120 e. The molecule has 4 heteroatoms. The first-order valence-electron chi connectivity index (χ1n) is 15.1. The Morgan fingerprint density at radius 2 is 1.54 bits per heavy atom. The first-order valence-corrected chi connectivity index (χ1v) is 15.1. The normalized spacial score (nSPS) is 17.5. The third-order valence-electron chi connectivity index (χ3n) is 8.83. The first-order chi connectivity index (χ1) is 19.2. The minimum absolute atomic E-state index is 0.503. The van der Waals surface area contributed by atoms with Crippen LogP contribution in [-0.4, -0.2) is 45.3 Å². The molecule has 1 aliphatic carbocycles. The van der Waals surface area contributed by atoms with Crippen LogP contribution in [0.3, 0.4) is 0 Å². The standard InChI is InChI=1S/C35H46N2O2/c1-4-37(26-28-12-10-27(11-13-28)9-8-22-36-20-6-5-7-21-36)35-25-33(39-3)18-19-34(35)31-15-14-30-24-32(38-2)17-16-29(30)23-31/h10-13,16-19,24-25,31H,4-9,14-15,20-23,26H2,1-3H3. The molecule has 2 aliphatic rings. The lowest BCUT2D eigenvalue weighted by Crippen LogP contribution is -2.30. The van der Waals surface area contributed by atoms with E-state index in [-0.39, 0.29) is 0 Å². The van der Waals surface area contributed by atoms with Crippen molar-refractivity contribution in [2.45, 2.75) is 70.8 Å². The molecule has 4 nitrogen and oxygen atoms in total. The Morgan fingerprint density at radius 1 is 0.821 bits per heavy atom. The third kappa shape index (κ3) is 6.97. The summed E-state index contributed by atoms with van der Waals surface area (Å²) >= 11 is 0. The van der Waals surface area contributed by atoms with Crippen LogP contribution in [0.4, 0.5) is 5.69 Å². The van der Waals surface area contributed by atoms with Crippen LogP contribution in [-0.2, 0) is 25.8 Å². The number of fused-ring (bicyclic) bond motifs is 1. The highest BCUT2D eigenvalue weighted by Gasteiger charge is 2.25. The third-order valence-corrected chi connectivity index (χ3v) is 8.83. The molecule has 0 aromatic heterocycles. The lowest BCUT2D eigenvalue weighted by molar-refractivity contribution is 0.226. The van der Waals surface area contributed by atoms with Crippen LogP contribution in [0, 0.1) is 0 Å². The molecule has 1 heterocycles. The van der Waals surface area contributed by atoms with Crippen molar-refractivity contribution in [1.82, 2.24) is 4.90 Å². The van der Waals surface area contributed by atoms with Crippen LogP contribution >= 0.6 is 0 Å². The molecule has 0 amide bonds. The molecule has 0 saturated carbocycles. The van der Waals surface area contributed by atoms with Gasteiger partial charge in [0, 0.05) is 24.8 Å². The van der Waals surface area contributed by atoms with Gasteiger partial charge in [-0.05, 0) is 123 Å². The minimum Gasteiger partial charge on any atom is -0.497 e. The molecule has 5 rings (SSSR count). The number of likely N-dealkylation sites (tertiary alicyclic amines) is 1. The van der Waals surface area contributed by atoms with Gasteiger partial charge in [-0.2, -0.15) is 0 Å². The molecule has 39 heavy (non-hydrogen) atoms. The lowest BCUT2D eigenvalue weighted by atomic mass is 9.79. The number of rotatable bonds is 11. The maximum atomic E-state index is 5.68. The highest BCUT2D eigenvalue weighted by molar-refractivity contribution is 5.60. The fraction of sp³-hybridized carbons (Fsp3) is 0.486. The zero-order valence-corrected chi connectivity index (χ0v) is 24.3. The van der Waals surface area contributed by atoms with Crippen LogP contribution in [0.25, 0.3) is 0 Å². The Labute approximate surface area is 235 Å². The van der Waals surface area contributed by atoms with Crippen LogP contribution in [0.15, 0.2) is 60.7 Å². The molecule has 0 N–H and O–H groups in total. The van der Waals surface area contributed by atoms with Gasteiger partial charge in [0.15, 0.2) is 0 Å². The number of methoxy groups -OCH3 is 2. The number of aryl methyl sites for hydroxylation is 2. The Morgan fingerprint density at radius 3 is 2.28 bits per heavy atom. The highest BCUT2D eigenvalue weighted by atomic mass is 16.5. The second kappa shape index (κ2) is 13.4. The van der Waals surface area contributed by atoms with Crippen LogP contribution in [0.2, 0.25) is 0 Å². The molecule has 1 fully saturated rings. The van der Waals surface area contributed by atoms with Gasteiger partial charge in [0.2, 0.25) is 0 Å². The largest absolute Gasteiger partial charge is 0.497 e. The lowest BCUT2D eigenvalue weighted by Gasteiger charge is -2.32. The van der Waals surface area contributed by atoms with Crippen molar-refractivity contribution in [2.75, 3.05) is 45.3 Å². The van der Waals surface area contributed by atoms with Gasteiger partial charge in [0.05, 0.1) is 14.2 Å². The minimum atomic E-state index is 0.503. The second-order valence-electron chi connectivity index (χ2n) is 11.3. The molecule has 0 bridgehead atoms. The summed E-state index contributed by atoms with van der Waals surface area (Å²) in [5.74, 6) is 2.39. The summed E-state index contributed by atoms with van der Waals surface area (Å²) in [6, 6.07) is 22.6. The van der Waals surface area contributed by atoms with E-state index in [0.29, 0.717) is 5.92 Å². The summed E-state index contributed by atoms with van der Waals surface area (Å²) in [4.78, 5) is 5.16. The van der Waals surface area contributed by atoms with Gasteiger partial charge < -0.3 is 19.3 Å². The van der Waals surface area contributed by atoms with E-state index in [1.807, 2.05) is 0 Å². The van der Waals surface area contributed by atoms with Crippen molar-refractivity contribution in [1.29, 1.82) is 0 Å². The predicted octanol–water partition coefficient (Wildman–Crippen LogP) is 7.42. The average Bonchev–Trinajstić information content (AvgIpc) is 3.00. The Balaban J connectivity index is 1.27. The molecule has 208 valence electrons. The summed E-state index contributed by atoms with van der Waals surface area (Å²) < 4.78 is 11.1. The number of nitrogens with zero attached hydrogens (tertiary/aromatic N) is 2. The van der Waals surface area contributed by atoms with E-state index in [4.69, 9.17) is 9.47 Å².